The number of carbonyl (C=O) groups excluding carboxylic acids is 1. The van der Waals surface area contributed by atoms with Crippen molar-refractivity contribution in [3.05, 3.63) is 59.2 Å². The van der Waals surface area contributed by atoms with Crippen LogP contribution >= 0.6 is 0 Å². The summed E-state index contributed by atoms with van der Waals surface area (Å²) >= 11 is 0. The highest BCUT2D eigenvalue weighted by atomic mass is 16.5. The van der Waals surface area contributed by atoms with Gasteiger partial charge >= 0.3 is 0 Å². The van der Waals surface area contributed by atoms with E-state index in [0.29, 0.717) is 12.2 Å². The van der Waals surface area contributed by atoms with Crippen LogP contribution in [0.3, 0.4) is 0 Å². The Morgan fingerprint density at radius 3 is 2.63 bits per heavy atom. The van der Waals surface area contributed by atoms with E-state index >= 15 is 0 Å². The number of rotatable bonds is 6. The molecular formula is C24H32N4O2. The zero-order valence-corrected chi connectivity index (χ0v) is 17.8. The molecule has 2 aromatic carbocycles. The van der Waals surface area contributed by atoms with Crippen LogP contribution in [-0.2, 0) is 12.8 Å². The summed E-state index contributed by atoms with van der Waals surface area (Å²) in [5.41, 5.74) is 4.02. The van der Waals surface area contributed by atoms with Gasteiger partial charge in [0.05, 0.1) is 5.69 Å². The Labute approximate surface area is 179 Å². The van der Waals surface area contributed by atoms with Gasteiger partial charge < -0.3 is 20.3 Å². The van der Waals surface area contributed by atoms with Gasteiger partial charge in [0.2, 0.25) is 0 Å². The van der Waals surface area contributed by atoms with E-state index in [4.69, 9.17) is 4.74 Å². The first-order chi connectivity index (χ1) is 14.7. The van der Waals surface area contributed by atoms with Gasteiger partial charge in [-0.15, -0.1) is 0 Å². The molecule has 4 rings (SSSR count). The molecule has 30 heavy (non-hydrogen) atoms. The number of hydrogen-bond donors (Lipinski definition) is 2. The van der Waals surface area contributed by atoms with Gasteiger partial charge in [-0.1, -0.05) is 18.2 Å². The Morgan fingerprint density at radius 2 is 1.80 bits per heavy atom. The molecule has 0 unspecified atom stereocenters. The molecule has 6 nitrogen and oxygen atoms in total. The SMILES string of the molecule is CN1CCN(CCOc2ccccc2NC(=O)c2ccc3c(c2)CCNCC3)CC1. The topological polar surface area (TPSA) is 56.8 Å². The molecule has 1 amide bonds. The number of anilines is 1. The molecular weight excluding hydrogens is 376 g/mol. The van der Waals surface area contributed by atoms with Crippen molar-refractivity contribution in [2.75, 3.05) is 64.8 Å². The van der Waals surface area contributed by atoms with Gasteiger partial charge in [0.25, 0.3) is 5.91 Å². The fourth-order valence-corrected chi connectivity index (χ4v) is 4.06. The maximum Gasteiger partial charge on any atom is 0.255 e. The summed E-state index contributed by atoms with van der Waals surface area (Å²) in [6.07, 6.45) is 1.98. The van der Waals surface area contributed by atoms with Crippen molar-refractivity contribution in [2.45, 2.75) is 12.8 Å². The van der Waals surface area contributed by atoms with Crippen LogP contribution in [0.1, 0.15) is 21.5 Å². The van der Waals surface area contributed by atoms with E-state index in [9.17, 15) is 4.79 Å². The third kappa shape index (κ3) is 5.39. The smallest absolute Gasteiger partial charge is 0.255 e. The highest BCUT2D eigenvalue weighted by molar-refractivity contribution is 6.05. The molecule has 0 aliphatic carbocycles. The molecule has 0 saturated carbocycles. The minimum absolute atomic E-state index is 0.0925. The molecule has 2 heterocycles. The number of amides is 1. The van der Waals surface area contributed by atoms with Gasteiger partial charge in [-0.25, -0.2) is 0 Å². The van der Waals surface area contributed by atoms with Crippen LogP contribution in [0.5, 0.6) is 5.75 Å². The van der Waals surface area contributed by atoms with Gasteiger partial charge in [-0.3, -0.25) is 9.69 Å². The van der Waals surface area contributed by atoms with Crippen molar-refractivity contribution >= 4 is 11.6 Å². The number of nitrogens with zero attached hydrogens (tertiary/aromatic N) is 2. The summed E-state index contributed by atoms with van der Waals surface area (Å²) in [5, 5.41) is 6.46. The van der Waals surface area contributed by atoms with Crippen LogP contribution < -0.4 is 15.4 Å². The van der Waals surface area contributed by atoms with E-state index in [1.165, 1.54) is 11.1 Å². The summed E-state index contributed by atoms with van der Waals surface area (Å²) in [7, 11) is 2.16. The number of piperazine rings is 1. The van der Waals surface area contributed by atoms with Gasteiger partial charge in [-0.05, 0) is 68.4 Å². The lowest BCUT2D eigenvalue weighted by molar-refractivity contribution is 0.102. The molecule has 160 valence electrons. The fourth-order valence-electron chi connectivity index (χ4n) is 4.06. The average molecular weight is 409 g/mol. The predicted octanol–water partition coefficient (Wildman–Crippen LogP) is 2.25. The first-order valence-corrected chi connectivity index (χ1v) is 11.0. The van der Waals surface area contributed by atoms with E-state index in [0.717, 1.165) is 70.1 Å². The number of hydrogen-bond acceptors (Lipinski definition) is 5. The van der Waals surface area contributed by atoms with Crippen LogP contribution in [0.15, 0.2) is 42.5 Å². The van der Waals surface area contributed by atoms with Crippen LogP contribution in [-0.4, -0.2) is 75.2 Å². The molecule has 0 aromatic heterocycles. The zero-order chi connectivity index (χ0) is 20.8. The van der Waals surface area contributed by atoms with E-state index in [1.54, 1.807) is 0 Å². The molecule has 0 bridgehead atoms. The molecule has 2 N–H and O–H groups in total. The van der Waals surface area contributed by atoms with Gasteiger partial charge in [0.15, 0.2) is 0 Å². The van der Waals surface area contributed by atoms with Gasteiger partial charge in [0, 0.05) is 38.3 Å². The highest BCUT2D eigenvalue weighted by Gasteiger charge is 2.15. The van der Waals surface area contributed by atoms with Crippen molar-refractivity contribution in [3.63, 3.8) is 0 Å². The Hall–Kier alpha value is -2.41. The summed E-state index contributed by atoms with van der Waals surface area (Å²) in [4.78, 5) is 17.7. The number of para-hydroxylation sites is 2. The van der Waals surface area contributed by atoms with Gasteiger partial charge in [-0.2, -0.15) is 0 Å². The van der Waals surface area contributed by atoms with Crippen molar-refractivity contribution < 1.29 is 9.53 Å². The first-order valence-electron chi connectivity index (χ1n) is 11.0. The van der Waals surface area contributed by atoms with E-state index in [2.05, 4.69) is 33.5 Å². The Balaban J connectivity index is 1.36. The lowest BCUT2D eigenvalue weighted by Crippen LogP contribution is -2.45. The number of ether oxygens (including phenoxy) is 1. The molecule has 0 atom stereocenters. The Bertz CT molecular complexity index is 862. The molecule has 0 radical (unpaired) electrons. The first kappa shape index (κ1) is 20.8. The number of fused-ring (bicyclic) bond motifs is 1. The second-order valence-corrected chi connectivity index (χ2v) is 8.18. The van der Waals surface area contributed by atoms with Crippen LogP contribution in [0.2, 0.25) is 0 Å². The Morgan fingerprint density at radius 1 is 1.03 bits per heavy atom. The largest absolute Gasteiger partial charge is 0.490 e. The summed E-state index contributed by atoms with van der Waals surface area (Å²) in [6.45, 7) is 7.82. The highest BCUT2D eigenvalue weighted by Crippen LogP contribution is 2.25. The minimum Gasteiger partial charge on any atom is -0.490 e. The van der Waals surface area contributed by atoms with Crippen LogP contribution in [0.25, 0.3) is 0 Å². The second kappa shape index (κ2) is 10.1. The van der Waals surface area contributed by atoms with E-state index < -0.39 is 0 Å². The summed E-state index contributed by atoms with van der Waals surface area (Å²) in [6, 6.07) is 13.7. The molecule has 1 fully saturated rings. The van der Waals surface area contributed by atoms with E-state index in [1.807, 2.05) is 36.4 Å². The van der Waals surface area contributed by atoms with E-state index in [-0.39, 0.29) is 5.91 Å². The maximum absolute atomic E-state index is 12.9. The molecule has 2 aromatic rings. The second-order valence-electron chi connectivity index (χ2n) is 8.18. The molecule has 6 heteroatoms. The number of benzene rings is 2. The van der Waals surface area contributed by atoms with Crippen molar-refractivity contribution in [1.29, 1.82) is 0 Å². The van der Waals surface area contributed by atoms with Crippen LogP contribution in [0.4, 0.5) is 5.69 Å². The molecule has 0 spiro atoms. The number of carbonyl (C=O) groups is 1. The fraction of sp³-hybridized carbons (Fsp3) is 0.458. The number of nitrogens with one attached hydrogen (secondary N) is 2. The summed E-state index contributed by atoms with van der Waals surface area (Å²) in [5.74, 6) is 0.629. The van der Waals surface area contributed by atoms with Crippen molar-refractivity contribution in [1.82, 2.24) is 15.1 Å². The number of likely N-dealkylation sites (N-methyl/N-ethyl adjacent to an activating group) is 1. The molecule has 1 saturated heterocycles. The third-order valence-corrected chi connectivity index (χ3v) is 6.01. The van der Waals surface area contributed by atoms with Gasteiger partial charge in [0.1, 0.15) is 12.4 Å². The molecule has 2 aliphatic rings. The monoisotopic (exact) mass is 408 g/mol. The third-order valence-electron chi connectivity index (χ3n) is 6.01. The maximum atomic E-state index is 12.9. The standard InChI is InChI=1S/C24H32N4O2/c1-27-12-14-28(15-13-27)16-17-30-23-5-3-2-4-22(23)26-24(29)21-7-6-19-8-10-25-11-9-20(19)18-21/h2-7,18,25H,8-17H2,1H3,(H,26,29). The van der Waals surface area contributed by atoms with Crippen molar-refractivity contribution in [3.8, 4) is 5.75 Å². The quantitative estimate of drug-likeness (QED) is 0.768. The minimum atomic E-state index is -0.0925. The molecule has 2 aliphatic heterocycles. The lowest BCUT2D eigenvalue weighted by atomic mass is 10.00. The lowest BCUT2D eigenvalue weighted by Gasteiger charge is -2.32. The van der Waals surface area contributed by atoms with Crippen molar-refractivity contribution in [2.24, 2.45) is 0 Å². The average Bonchev–Trinajstić information content (AvgIpc) is 3.01. The zero-order valence-electron chi connectivity index (χ0n) is 17.8. The predicted molar refractivity (Wildman–Crippen MR) is 121 cm³/mol. The normalized spacial score (nSPS) is 17.8. The summed E-state index contributed by atoms with van der Waals surface area (Å²) < 4.78 is 6.03. The Kier molecular flexibility index (Phi) is 7.00. The van der Waals surface area contributed by atoms with Crippen LogP contribution in [0, 0.1) is 0 Å².